The van der Waals surface area contributed by atoms with Crippen LogP contribution in [-0.4, -0.2) is 36.4 Å². The van der Waals surface area contributed by atoms with E-state index in [0.717, 1.165) is 17.7 Å². The van der Waals surface area contributed by atoms with E-state index >= 15 is 0 Å². The summed E-state index contributed by atoms with van der Waals surface area (Å²) in [5.74, 6) is 0.443. The van der Waals surface area contributed by atoms with Gasteiger partial charge in [-0.2, -0.15) is 0 Å². The number of carbonyl (C=O) groups is 1. The van der Waals surface area contributed by atoms with Crippen molar-refractivity contribution in [1.82, 2.24) is 10.5 Å². The molecule has 1 aromatic heterocycles. The van der Waals surface area contributed by atoms with Crippen molar-refractivity contribution in [2.45, 2.75) is 38.5 Å². The molecule has 0 aliphatic carbocycles. The van der Waals surface area contributed by atoms with Gasteiger partial charge in [-0.1, -0.05) is 35.5 Å². The maximum atomic E-state index is 12.2. The van der Waals surface area contributed by atoms with Gasteiger partial charge in [-0.15, -0.1) is 0 Å². The van der Waals surface area contributed by atoms with Crippen molar-refractivity contribution < 1.29 is 18.8 Å². The maximum Gasteiger partial charge on any atom is 0.228 e. The SMILES string of the molecule is Cc1cc(CC(=O)N[C@@H]2COCC[C@@H]2OCc2ccccc2)on1. The molecule has 0 bridgehead atoms. The summed E-state index contributed by atoms with van der Waals surface area (Å²) in [7, 11) is 0. The molecule has 2 atom stereocenters. The average molecular weight is 330 g/mol. The number of nitrogens with zero attached hydrogens (tertiary/aromatic N) is 1. The number of rotatable bonds is 6. The maximum absolute atomic E-state index is 12.2. The highest BCUT2D eigenvalue weighted by molar-refractivity contribution is 5.78. The van der Waals surface area contributed by atoms with Crippen LogP contribution >= 0.6 is 0 Å². The molecule has 6 heteroatoms. The highest BCUT2D eigenvalue weighted by atomic mass is 16.5. The molecular formula is C18H22N2O4. The van der Waals surface area contributed by atoms with Crippen LogP contribution in [0.4, 0.5) is 0 Å². The fraction of sp³-hybridized carbons (Fsp3) is 0.444. The molecule has 2 aromatic rings. The largest absolute Gasteiger partial charge is 0.379 e. The van der Waals surface area contributed by atoms with Crippen LogP contribution in [0.3, 0.4) is 0 Å². The van der Waals surface area contributed by atoms with Gasteiger partial charge < -0.3 is 19.3 Å². The second-order valence-corrected chi connectivity index (χ2v) is 5.98. The van der Waals surface area contributed by atoms with Crippen molar-refractivity contribution in [3.05, 3.63) is 53.4 Å². The van der Waals surface area contributed by atoms with Crippen molar-refractivity contribution in [2.24, 2.45) is 0 Å². The summed E-state index contributed by atoms with van der Waals surface area (Å²) in [6.45, 7) is 3.46. The first-order chi connectivity index (χ1) is 11.7. The molecule has 1 aliphatic heterocycles. The highest BCUT2D eigenvalue weighted by Gasteiger charge is 2.28. The predicted molar refractivity (Wildman–Crippen MR) is 87.3 cm³/mol. The van der Waals surface area contributed by atoms with E-state index < -0.39 is 0 Å². The van der Waals surface area contributed by atoms with Crippen LogP contribution in [0.25, 0.3) is 0 Å². The number of amides is 1. The Morgan fingerprint density at radius 3 is 2.96 bits per heavy atom. The van der Waals surface area contributed by atoms with E-state index in [1.807, 2.05) is 37.3 Å². The summed E-state index contributed by atoms with van der Waals surface area (Å²) < 4.78 is 16.6. The molecule has 0 spiro atoms. The molecule has 0 radical (unpaired) electrons. The molecule has 1 aromatic carbocycles. The third-order valence-electron chi connectivity index (χ3n) is 3.96. The Morgan fingerprint density at radius 1 is 1.38 bits per heavy atom. The third kappa shape index (κ3) is 4.66. The molecule has 6 nitrogen and oxygen atoms in total. The second-order valence-electron chi connectivity index (χ2n) is 5.98. The zero-order valence-electron chi connectivity index (χ0n) is 13.7. The molecule has 2 heterocycles. The molecule has 1 aliphatic rings. The van der Waals surface area contributed by atoms with E-state index in [9.17, 15) is 4.79 Å². The minimum absolute atomic E-state index is 0.0561. The molecular weight excluding hydrogens is 308 g/mol. The van der Waals surface area contributed by atoms with Crippen LogP contribution in [0, 0.1) is 6.92 Å². The van der Waals surface area contributed by atoms with Gasteiger partial charge in [-0.25, -0.2) is 0 Å². The summed E-state index contributed by atoms with van der Waals surface area (Å²) in [4.78, 5) is 12.2. The molecule has 1 N–H and O–H groups in total. The number of nitrogens with one attached hydrogen (secondary N) is 1. The molecule has 128 valence electrons. The number of aromatic nitrogens is 1. The molecule has 0 saturated carbocycles. The summed E-state index contributed by atoms with van der Waals surface area (Å²) in [5.41, 5.74) is 1.88. The third-order valence-corrected chi connectivity index (χ3v) is 3.96. The zero-order valence-corrected chi connectivity index (χ0v) is 13.7. The van der Waals surface area contributed by atoms with E-state index in [1.165, 1.54) is 0 Å². The van der Waals surface area contributed by atoms with Crippen LogP contribution in [-0.2, 0) is 27.3 Å². The van der Waals surface area contributed by atoms with Crippen molar-refractivity contribution in [3.63, 3.8) is 0 Å². The van der Waals surface area contributed by atoms with E-state index in [4.69, 9.17) is 14.0 Å². The number of hydrogen-bond acceptors (Lipinski definition) is 5. The molecule has 0 unspecified atom stereocenters. The fourth-order valence-electron chi connectivity index (χ4n) is 2.75. The predicted octanol–water partition coefficient (Wildman–Crippen LogP) is 2.02. The van der Waals surface area contributed by atoms with E-state index in [0.29, 0.717) is 25.6 Å². The molecule has 1 fully saturated rings. The highest BCUT2D eigenvalue weighted by Crippen LogP contribution is 2.15. The Hall–Kier alpha value is -2.18. The van der Waals surface area contributed by atoms with Crippen molar-refractivity contribution in [2.75, 3.05) is 13.2 Å². The first kappa shape index (κ1) is 16.7. The minimum Gasteiger partial charge on any atom is -0.379 e. The van der Waals surface area contributed by atoms with Crippen molar-refractivity contribution >= 4 is 5.91 Å². The monoisotopic (exact) mass is 330 g/mol. The molecule has 1 saturated heterocycles. The number of ether oxygens (including phenoxy) is 2. The van der Waals surface area contributed by atoms with Gasteiger partial charge in [-0.3, -0.25) is 4.79 Å². The Bertz CT molecular complexity index is 656. The first-order valence-electron chi connectivity index (χ1n) is 8.15. The standard InChI is InChI=1S/C18H22N2O4/c1-13-9-15(24-20-13)10-18(21)19-16-12-22-8-7-17(16)23-11-14-5-3-2-4-6-14/h2-6,9,16-17H,7-8,10-12H2,1H3,(H,19,21)/t16-,17+/m1/s1. The van der Waals surface area contributed by atoms with Gasteiger partial charge in [0.2, 0.25) is 5.91 Å². The average Bonchev–Trinajstić information content (AvgIpc) is 3.00. The van der Waals surface area contributed by atoms with Crippen molar-refractivity contribution in [3.8, 4) is 0 Å². The Balaban J connectivity index is 1.52. The van der Waals surface area contributed by atoms with Gasteiger partial charge in [-0.05, 0) is 18.9 Å². The van der Waals surface area contributed by atoms with Gasteiger partial charge in [0.25, 0.3) is 0 Å². The minimum atomic E-state index is -0.154. The summed E-state index contributed by atoms with van der Waals surface area (Å²) in [6.07, 6.45) is 0.876. The van der Waals surface area contributed by atoms with Crippen LogP contribution in [0.2, 0.25) is 0 Å². The van der Waals surface area contributed by atoms with Gasteiger partial charge in [0.05, 0.1) is 37.5 Å². The number of benzene rings is 1. The summed E-state index contributed by atoms with van der Waals surface area (Å²) in [6, 6.07) is 11.6. The smallest absolute Gasteiger partial charge is 0.228 e. The zero-order chi connectivity index (χ0) is 16.8. The summed E-state index contributed by atoms with van der Waals surface area (Å²) >= 11 is 0. The van der Waals surface area contributed by atoms with Gasteiger partial charge >= 0.3 is 0 Å². The Kier molecular flexibility index (Phi) is 5.61. The van der Waals surface area contributed by atoms with Gasteiger partial charge in [0.1, 0.15) is 5.76 Å². The topological polar surface area (TPSA) is 73.6 Å². The Labute approximate surface area is 141 Å². The molecule has 1 amide bonds. The number of aryl methyl sites for hydroxylation is 1. The van der Waals surface area contributed by atoms with Crippen molar-refractivity contribution in [1.29, 1.82) is 0 Å². The normalized spacial score (nSPS) is 20.7. The van der Waals surface area contributed by atoms with E-state index in [1.54, 1.807) is 6.07 Å². The van der Waals surface area contributed by atoms with E-state index in [-0.39, 0.29) is 24.5 Å². The van der Waals surface area contributed by atoms with Crippen LogP contribution in [0.1, 0.15) is 23.4 Å². The van der Waals surface area contributed by atoms with E-state index in [2.05, 4.69) is 10.5 Å². The van der Waals surface area contributed by atoms with Gasteiger partial charge in [0, 0.05) is 12.7 Å². The quantitative estimate of drug-likeness (QED) is 0.877. The molecule has 3 rings (SSSR count). The first-order valence-corrected chi connectivity index (χ1v) is 8.15. The number of carbonyl (C=O) groups excluding carboxylic acids is 1. The lowest BCUT2D eigenvalue weighted by atomic mass is 10.1. The lowest BCUT2D eigenvalue weighted by Gasteiger charge is -2.32. The number of hydrogen-bond donors (Lipinski definition) is 1. The second kappa shape index (κ2) is 8.08. The summed E-state index contributed by atoms with van der Waals surface area (Å²) in [5, 5.41) is 6.78. The van der Waals surface area contributed by atoms with Gasteiger partial charge in [0.15, 0.2) is 0 Å². The lowest BCUT2D eigenvalue weighted by molar-refractivity contribution is -0.126. The lowest BCUT2D eigenvalue weighted by Crippen LogP contribution is -2.50. The van der Waals surface area contributed by atoms with Crippen LogP contribution in [0.5, 0.6) is 0 Å². The Morgan fingerprint density at radius 2 is 2.21 bits per heavy atom. The van der Waals surface area contributed by atoms with Crippen LogP contribution in [0.15, 0.2) is 40.9 Å². The molecule has 24 heavy (non-hydrogen) atoms. The van der Waals surface area contributed by atoms with Crippen LogP contribution < -0.4 is 5.32 Å². The fourth-order valence-corrected chi connectivity index (χ4v) is 2.75.